The maximum Gasteiger partial charge on any atom is 0.226 e. The lowest BCUT2D eigenvalue weighted by Gasteiger charge is -2.42. The zero-order chi connectivity index (χ0) is 21.1. The molecule has 4 aliphatic rings. The van der Waals surface area contributed by atoms with Crippen molar-refractivity contribution in [2.75, 3.05) is 26.0 Å². The topological polar surface area (TPSA) is 84.9 Å². The zero-order valence-electron chi connectivity index (χ0n) is 17.6. The fourth-order valence-electron chi connectivity index (χ4n) is 5.10. The standard InChI is InChI=1S/C22H32N2O5S/c1-30(26,27)23-19-6-4-13-24-20(19)15-29-17-10-8-16(9-11-17)18-5-2-3-7-21(18)28-14-12-22(24)25/h2-3,5,7,16-17,19-20,23H,4,6,8-15H2,1H3/t16?,17?,19-,20-/m0/s1. The first kappa shape index (κ1) is 21.6. The van der Waals surface area contributed by atoms with Gasteiger partial charge in [-0.25, -0.2) is 13.1 Å². The fraction of sp³-hybridized carbons (Fsp3) is 0.682. The maximum absolute atomic E-state index is 13.0. The van der Waals surface area contributed by atoms with Crippen molar-refractivity contribution in [3.63, 3.8) is 0 Å². The third kappa shape index (κ3) is 5.15. The summed E-state index contributed by atoms with van der Waals surface area (Å²) in [4.78, 5) is 14.8. The van der Waals surface area contributed by atoms with Crippen molar-refractivity contribution in [1.29, 1.82) is 0 Å². The number of rotatable bonds is 2. The molecular formula is C22H32N2O5S. The molecule has 0 spiro atoms. The molecule has 1 aromatic carbocycles. The number of para-hydroxylation sites is 1. The van der Waals surface area contributed by atoms with Gasteiger partial charge in [-0.3, -0.25) is 4.79 Å². The molecule has 7 nitrogen and oxygen atoms in total. The third-order valence-electron chi connectivity index (χ3n) is 6.57. The van der Waals surface area contributed by atoms with E-state index in [1.165, 1.54) is 11.8 Å². The lowest BCUT2D eigenvalue weighted by atomic mass is 9.82. The van der Waals surface area contributed by atoms with E-state index in [1.54, 1.807) is 4.90 Å². The van der Waals surface area contributed by atoms with Crippen LogP contribution in [-0.2, 0) is 19.6 Å². The van der Waals surface area contributed by atoms with E-state index in [-0.39, 0.29) is 30.5 Å². The van der Waals surface area contributed by atoms with Crippen LogP contribution in [0.2, 0.25) is 0 Å². The van der Waals surface area contributed by atoms with Crippen LogP contribution in [0, 0.1) is 0 Å². The Labute approximate surface area is 179 Å². The number of nitrogens with zero attached hydrogens (tertiary/aromatic N) is 1. The number of fused-ring (bicyclic) bond motifs is 6. The summed E-state index contributed by atoms with van der Waals surface area (Å²) in [5, 5.41) is 0. The van der Waals surface area contributed by atoms with E-state index in [0.717, 1.165) is 37.9 Å². The zero-order valence-corrected chi connectivity index (χ0v) is 18.4. The van der Waals surface area contributed by atoms with Crippen LogP contribution in [0.5, 0.6) is 5.75 Å². The molecule has 0 unspecified atom stereocenters. The number of sulfonamides is 1. The number of hydrogen-bond acceptors (Lipinski definition) is 5. The Bertz CT molecular complexity index is 851. The molecule has 1 saturated heterocycles. The summed E-state index contributed by atoms with van der Waals surface area (Å²) in [6.07, 6.45) is 7.08. The molecule has 2 atom stereocenters. The van der Waals surface area contributed by atoms with Crippen LogP contribution in [0.4, 0.5) is 0 Å². The summed E-state index contributed by atoms with van der Waals surface area (Å²) in [6.45, 7) is 1.31. The number of hydrogen-bond donors (Lipinski definition) is 1. The normalized spacial score (nSPS) is 30.7. The van der Waals surface area contributed by atoms with Gasteiger partial charge in [-0.2, -0.15) is 0 Å². The smallest absolute Gasteiger partial charge is 0.226 e. The molecule has 166 valence electrons. The van der Waals surface area contributed by atoms with Crippen LogP contribution < -0.4 is 9.46 Å². The molecule has 5 rings (SSSR count). The van der Waals surface area contributed by atoms with Gasteiger partial charge in [-0.05, 0) is 56.1 Å². The Morgan fingerprint density at radius 2 is 1.87 bits per heavy atom. The average Bonchev–Trinajstić information content (AvgIpc) is 2.72. The van der Waals surface area contributed by atoms with Gasteiger partial charge in [0.05, 0.1) is 38.0 Å². The Kier molecular flexibility index (Phi) is 6.65. The van der Waals surface area contributed by atoms with E-state index in [4.69, 9.17) is 9.47 Å². The fourth-order valence-corrected chi connectivity index (χ4v) is 5.93. The van der Waals surface area contributed by atoms with Gasteiger partial charge >= 0.3 is 0 Å². The lowest BCUT2D eigenvalue weighted by molar-refractivity contribution is -0.139. The first-order valence-corrected chi connectivity index (χ1v) is 12.9. The largest absolute Gasteiger partial charge is 0.493 e. The van der Waals surface area contributed by atoms with Crippen LogP contribution in [0.3, 0.4) is 0 Å². The van der Waals surface area contributed by atoms with Crippen LogP contribution in [0.1, 0.15) is 56.4 Å². The van der Waals surface area contributed by atoms with Crippen LogP contribution in [0.15, 0.2) is 24.3 Å². The molecule has 2 fully saturated rings. The Balaban J connectivity index is 1.57. The second kappa shape index (κ2) is 9.24. The van der Waals surface area contributed by atoms with Crippen LogP contribution >= 0.6 is 0 Å². The van der Waals surface area contributed by atoms with Gasteiger partial charge in [0.1, 0.15) is 5.75 Å². The molecule has 2 bridgehead atoms. The van der Waals surface area contributed by atoms with Crippen molar-refractivity contribution < 1.29 is 22.7 Å². The summed E-state index contributed by atoms with van der Waals surface area (Å²) >= 11 is 0. The van der Waals surface area contributed by atoms with Gasteiger partial charge in [0.2, 0.25) is 15.9 Å². The van der Waals surface area contributed by atoms with E-state index in [2.05, 4.69) is 10.8 Å². The molecule has 30 heavy (non-hydrogen) atoms. The minimum absolute atomic E-state index is 0.0108. The van der Waals surface area contributed by atoms with E-state index in [9.17, 15) is 13.2 Å². The summed E-state index contributed by atoms with van der Waals surface area (Å²) in [6, 6.07) is 7.55. The molecule has 8 heteroatoms. The van der Waals surface area contributed by atoms with Gasteiger partial charge in [0, 0.05) is 12.6 Å². The van der Waals surface area contributed by atoms with Gasteiger partial charge in [-0.15, -0.1) is 0 Å². The number of benzene rings is 1. The summed E-state index contributed by atoms with van der Waals surface area (Å²) in [5.74, 6) is 1.31. The predicted molar refractivity (Wildman–Crippen MR) is 114 cm³/mol. The van der Waals surface area contributed by atoms with Crippen LogP contribution in [0.25, 0.3) is 0 Å². The van der Waals surface area contributed by atoms with E-state index in [1.807, 2.05) is 18.2 Å². The Hall–Kier alpha value is -1.64. The highest BCUT2D eigenvalue weighted by atomic mass is 32.2. The van der Waals surface area contributed by atoms with E-state index in [0.29, 0.717) is 32.1 Å². The van der Waals surface area contributed by atoms with E-state index >= 15 is 0 Å². The second-order valence-electron chi connectivity index (χ2n) is 8.74. The van der Waals surface area contributed by atoms with Gasteiger partial charge in [-0.1, -0.05) is 18.2 Å². The molecule has 1 aromatic rings. The van der Waals surface area contributed by atoms with Gasteiger partial charge in [0.15, 0.2) is 0 Å². The first-order valence-electron chi connectivity index (χ1n) is 11.0. The summed E-state index contributed by atoms with van der Waals surface area (Å²) in [7, 11) is -3.37. The van der Waals surface area contributed by atoms with Crippen molar-refractivity contribution in [3.05, 3.63) is 29.8 Å². The van der Waals surface area contributed by atoms with Crippen molar-refractivity contribution in [2.24, 2.45) is 0 Å². The van der Waals surface area contributed by atoms with Crippen molar-refractivity contribution in [3.8, 4) is 5.75 Å². The monoisotopic (exact) mass is 436 g/mol. The highest BCUT2D eigenvalue weighted by Gasteiger charge is 2.37. The third-order valence-corrected chi connectivity index (χ3v) is 7.30. The molecule has 3 heterocycles. The van der Waals surface area contributed by atoms with Crippen molar-refractivity contribution in [2.45, 2.75) is 69.1 Å². The number of carbonyl (C=O) groups is 1. The summed E-state index contributed by atoms with van der Waals surface area (Å²) < 4.78 is 38.8. The maximum atomic E-state index is 13.0. The number of amides is 1. The number of ether oxygens (including phenoxy) is 2. The van der Waals surface area contributed by atoms with Gasteiger partial charge < -0.3 is 14.4 Å². The second-order valence-corrected chi connectivity index (χ2v) is 10.5. The van der Waals surface area contributed by atoms with Crippen LogP contribution in [-0.4, -0.2) is 63.4 Å². The minimum Gasteiger partial charge on any atom is -0.493 e. The van der Waals surface area contributed by atoms with Crippen molar-refractivity contribution in [1.82, 2.24) is 9.62 Å². The van der Waals surface area contributed by atoms with Crippen molar-refractivity contribution >= 4 is 15.9 Å². The highest BCUT2D eigenvalue weighted by molar-refractivity contribution is 7.88. The van der Waals surface area contributed by atoms with Gasteiger partial charge in [0.25, 0.3) is 0 Å². The lowest BCUT2D eigenvalue weighted by Crippen LogP contribution is -2.59. The van der Waals surface area contributed by atoms with E-state index < -0.39 is 10.0 Å². The average molecular weight is 437 g/mol. The quantitative estimate of drug-likeness (QED) is 0.770. The molecule has 1 saturated carbocycles. The summed E-state index contributed by atoms with van der Waals surface area (Å²) in [5.41, 5.74) is 1.23. The molecule has 0 radical (unpaired) electrons. The first-order chi connectivity index (χ1) is 14.4. The predicted octanol–water partition coefficient (Wildman–Crippen LogP) is 2.42. The molecule has 1 aliphatic carbocycles. The molecule has 1 amide bonds. The Morgan fingerprint density at radius 1 is 1.10 bits per heavy atom. The highest BCUT2D eigenvalue weighted by Crippen LogP contribution is 2.38. The number of carbonyl (C=O) groups excluding carboxylic acids is 1. The number of nitrogens with one attached hydrogen (secondary N) is 1. The SMILES string of the molecule is CS(=O)(=O)N[C@H]1CCCN2C(=O)CCOc3ccccc3C3CCC(CC3)OC[C@@H]12. The Morgan fingerprint density at radius 3 is 2.63 bits per heavy atom. The molecule has 3 aliphatic heterocycles. The molecular weight excluding hydrogens is 404 g/mol. The number of piperidine rings is 1. The molecule has 1 N–H and O–H groups in total. The molecule has 0 aromatic heterocycles. The minimum atomic E-state index is -3.37.